The van der Waals surface area contributed by atoms with Crippen molar-refractivity contribution in [3.63, 3.8) is 0 Å². The highest BCUT2D eigenvalue weighted by molar-refractivity contribution is 6.14. The normalized spacial score (nSPS) is 17.1. The van der Waals surface area contributed by atoms with E-state index in [-0.39, 0.29) is 0 Å². The molecule has 0 aliphatic heterocycles. The molecule has 1 atom stereocenters. The van der Waals surface area contributed by atoms with E-state index in [0.29, 0.717) is 5.92 Å². The molecule has 0 bridgehead atoms. The van der Waals surface area contributed by atoms with Gasteiger partial charge in [0, 0.05) is 5.56 Å². The Kier molecular flexibility index (Phi) is 3.24. The molecule has 0 radical (unpaired) electrons. The summed E-state index contributed by atoms with van der Waals surface area (Å²) in [7, 11) is 0. The Morgan fingerprint density at radius 1 is 0.960 bits per heavy atom. The number of benzene rings is 3. The molecule has 3 aromatic carbocycles. The average molecular weight is 326 g/mol. The summed E-state index contributed by atoms with van der Waals surface area (Å²) >= 11 is 0. The molecule has 0 fully saturated rings. The molecular weight excluding hydrogens is 304 g/mol. The maximum Gasteiger partial charge on any atom is 0.134 e. The van der Waals surface area contributed by atoms with E-state index in [4.69, 9.17) is 4.42 Å². The largest absolute Gasteiger partial charge is 0.461 e. The second-order valence-electron chi connectivity index (χ2n) is 7.40. The van der Waals surface area contributed by atoms with Crippen LogP contribution in [0.15, 0.2) is 59.0 Å². The van der Waals surface area contributed by atoms with E-state index in [1.165, 1.54) is 57.5 Å². The van der Waals surface area contributed by atoms with Gasteiger partial charge in [0.1, 0.15) is 11.5 Å². The number of aryl methyl sites for hydroxylation is 2. The molecule has 1 aliphatic carbocycles. The monoisotopic (exact) mass is 326 g/mol. The van der Waals surface area contributed by atoms with Crippen molar-refractivity contribution in [1.82, 2.24) is 0 Å². The van der Waals surface area contributed by atoms with Crippen molar-refractivity contribution in [2.45, 2.75) is 39.0 Å². The van der Waals surface area contributed by atoms with Crippen molar-refractivity contribution in [2.75, 3.05) is 0 Å². The van der Waals surface area contributed by atoms with Gasteiger partial charge in [-0.2, -0.15) is 0 Å². The Balaban J connectivity index is 1.97. The molecule has 4 aromatic rings. The smallest absolute Gasteiger partial charge is 0.134 e. The summed E-state index contributed by atoms with van der Waals surface area (Å²) in [5.74, 6) is 2.60. The summed E-state index contributed by atoms with van der Waals surface area (Å²) in [4.78, 5) is 0. The Labute approximate surface area is 148 Å². The lowest BCUT2D eigenvalue weighted by Gasteiger charge is -2.25. The van der Waals surface area contributed by atoms with Crippen LogP contribution < -0.4 is 0 Å². The molecule has 1 heterocycles. The van der Waals surface area contributed by atoms with Crippen LogP contribution in [0.3, 0.4) is 0 Å². The topological polar surface area (TPSA) is 13.1 Å². The van der Waals surface area contributed by atoms with Crippen LogP contribution in [0.5, 0.6) is 0 Å². The van der Waals surface area contributed by atoms with Gasteiger partial charge >= 0.3 is 0 Å². The molecule has 1 heteroatoms. The van der Waals surface area contributed by atoms with E-state index in [1.807, 2.05) is 6.92 Å². The lowest BCUT2D eigenvalue weighted by atomic mass is 9.79. The van der Waals surface area contributed by atoms with Gasteiger partial charge in [-0.1, -0.05) is 43.3 Å². The highest BCUT2D eigenvalue weighted by Gasteiger charge is 2.22. The molecule has 0 amide bonds. The van der Waals surface area contributed by atoms with Gasteiger partial charge in [0.2, 0.25) is 0 Å². The Morgan fingerprint density at radius 2 is 1.84 bits per heavy atom. The Morgan fingerprint density at radius 3 is 2.68 bits per heavy atom. The molecule has 0 saturated heterocycles. The number of rotatable bonds is 1. The minimum Gasteiger partial charge on any atom is -0.461 e. The fourth-order valence-electron chi connectivity index (χ4n) is 4.54. The van der Waals surface area contributed by atoms with Crippen molar-refractivity contribution in [3.8, 4) is 11.3 Å². The first-order valence-corrected chi connectivity index (χ1v) is 9.26. The third-order valence-electron chi connectivity index (χ3n) is 5.77. The van der Waals surface area contributed by atoms with Crippen LogP contribution in [0.25, 0.3) is 32.9 Å². The van der Waals surface area contributed by atoms with E-state index in [2.05, 4.69) is 61.5 Å². The predicted octanol–water partition coefficient (Wildman–Crippen LogP) is 7.00. The minimum absolute atomic E-state index is 0.644. The van der Waals surface area contributed by atoms with Crippen molar-refractivity contribution >= 4 is 21.5 Å². The van der Waals surface area contributed by atoms with Gasteiger partial charge in [0.05, 0.1) is 0 Å². The summed E-state index contributed by atoms with van der Waals surface area (Å²) in [6.45, 7) is 4.38. The molecular formula is C24H22O. The van der Waals surface area contributed by atoms with Crippen molar-refractivity contribution < 1.29 is 4.42 Å². The van der Waals surface area contributed by atoms with Crippen LogP contribution in [0.4, 0.5) is 0 Å². The predicted molar refractivity (Wildman–Crippen MR) is 105 cm³/mol. The van der Waals surface area contributed by atoms with Gasteiger partial charge in [-0.15, -0.1) is 0 Å². The van der Waals surface area contributed by atoms with Gasteiger partial charge in [-0.3, -0.25) is 0 Å². The summed E-state index contributed by atoms with van der Waals surface area (Å²) < 4.78 is 6.04. The molecule has 124 valence electrons. The molecule has 25 heavy (non-hydrogen) atoms. The van der Waals surface area contributed by atoms with Crippen LogP contribution in [0.2, 0.25) is 0 Å². The Hall–Kier alpha value is -2.54. The summed E-state index contributed by atoms with van der Waals surface area (Å²) in [5, 5.41) is 5.38. The maximum atomic E-state index is 6.04. The van der Waals surface area contributed by atoms with Crippen LogP contribution in [0, 0.1) is 6.92 Å². The number of hydrogen-bond donors (Lipinski definition) is 0. The molecule has 5 rings (SSSR count). The van der Waals surface area contributed by atoms with Crippen molar-refractivity contribution in [1.29, 1.82) is 0 Å². The van der Waals surface area contributed by atoms with Gasteiger partial charge < -0.3 is 4.42 Å². The van der Waals surface area contributed by atoms with Gasteiger partial charge in [-0.05, 0) is 83.0 Å². The van der Waals surface area contributed by atoms with E-state index in [0.717, 1.165) is 11.5 Å². The lowest BCUT2D eigenvalue weighted by Crippen LogP contribution is -2.08. The SMILES string of the molecule is Cc1ccc(-c2cc3ccccc3c3ccc4c(c23)CCCC4C)o1. The lowest BCUT2D eigenvalue weighted by molar-refractivity contribution is 0.548. The Bertz CT molecular complexity index is 1100. The molecule has 0 saturated carbocycles. The maximum absolute atomic E-state index is 6.04. The van der Waals surface area contributed by atoms with Crippen LogP contribution in [0.1, 0.15) is 42.6 Å². The van der Waals surface area contributed by atoms with Crippen LogP contribution in [-0.4, -0.2) is 0 Å². The molecule has 1 aromatic heterocycles. The van der Waals surface area contributed by atoms with Gasteiger partial charge in [0.25, 0.3) is 0 Å². The zero-order chi connectivity index (χ0) is 17.0. The minimum atomic E-state index is 0.644. The van der Waals surface area contributed by atoms with E-state index in [1.54, 1.807) is 0 Å². The molecule has 1 nitrogen and oxygen atoms in total. The second kappa shape index (κ2) is 5.49. The number of furan rings is 1. The summed E-state index contributed by atoms with van der Waals surface area (Å²) in [6, 6.07) is 19.9. The second-order valence-corrected chi connectivity index (χ2v) is 7.40. The van der Waals surface area contributed by atoms with Crippen molar-refractivity contribution in [2.24, 2.45) is 0 Å². The van der Waals surface area contributed by atoms with Crippen LogP contribution in [-0.2, 0) is 6.42 Å². The third kappa shape index (κ3) is 2.22. The van der Waals surface area contributed by atoms with E-state index in [9.17, 15) is 0 Å². The highest BCUT2D eigenvalue weighted by atomic mass is 16.3. The van der Waals surface area contributed by atoms with Gasteiger partial charge in [0.15, 0.2) is 0 Å². The van der Waals surface area contributed by atoms with E-state index >= 15 is 0 Å². The first kappa shape index (κ1) is 14.8. The fraction of sp³-hybridized carbons (Fsp3) is 0.250. The zero-order valence-electron chi connectivity index (χ0n) is 14.8. The summed E-state index contributed by atoms with van der Waals surface area (Å²) in [5.41, 5.74) is 4.30. The van der Waals surface area contributed by atoms with Crippen molar-refractivity contribution in [3.05, 3.63) is 71.5 Å². The first-order valence-electron chi connectivity index (χ1n) is 9.26. The molecule has 0 spiro atoms. The standard InChI is InChI=1S/C24H22O/c1-15-6-5-9-20-18(15)11-12-21-19-8-4-3-7-17(19)14-22(24(20)21)23-13-10-16(2)25-23/h3-4,7-8,10-15H,5-6,9H2,1-2H3. The molecule has 1 aliphatic rings. The molecule has 1 unspecified atom stereocenters. The first-order chi connectivity index (χ1) is 12.2. The number of hydrogen-bond acceptors (Lipinski definition) is 1. The highest BCUT2D eigenvalue weighted by Crippen LogP contribution is 2.42. The van der Waals surface area contributed by atoms with Crippen LogP contribution >= 0.6 is 0 Å². The quantitative estimate of drug-likeness (QED) is 0.343. The van der Waals surface area contributed by atoms with Gasteiger partial charge in [-0.25, -0.2) is 0 Å². The fourth-order valence-corrected chi connectivity index (χ4v) is 4.54. The third-order valence-corrected chi connectivity index (χ3v) is 5.77. The summed E-state index contributed by atoms with van der Waals surface area (Å²) in [6.07, 6.45) is 3.74. The van der Waals surface area contributed by atoms with E-state index < -0.39 is 0 Å². The zero-order valence-corrected chi connectivity index (χ0v) is 14.8. The average Bonchev–Trinajstić information content (AvgIpc) is 3.07. The number of fused-ring (bicyclic) bond motifs is 5. The molecule has 0 N–H and O–H groups in total.